The maximum atomic E-state index is 12.4. The Bertz CT molecular complexity index is 844. The third-order valence-corrected chi connectivity index (χ3v) is 6.01. The summed E-state index contributed by atoms with van der Waals surface area (Å²) in [5.74, 6) is -0.855. The third kappa shape index (κ3) is 9.14. The largest absolute Gasteiger partial charge is 0.478 e. The maximum Gasteiger partial charge on any atom is 0.347 e. The van der Waals surface area contributed by atoms with E-state index < -0.39 is 17.8 Å². The maximum absolute atomic E-state index is 12.4. The Morgan fingerprint density at radius 3 is 2.51 bits per heavy atom. The molecule has 9 nitrogen and oxygen atoms in total. The molecule has 9 heteroatoms. The fourth-order valence-corrected chi connectivity index (χ4v) is 3.76. The number of ether oxygens (including phenoxy) is 2. The van der Waals surface area contributed by atoms with Crippen LogP contribution >= 0.6 is 0 Å². The van der Waals surface area contributed by atoms with Crippen LogP contribution in [0.4, 0.5) is 4.79 Å². The number of aryl methyl sites for hydroxylation is 1. The number of urea groups is 1. The summed E-state index contributed by atoms with van der Waals surface area (Å²) in [5.41, 5.74) is 2.72. The fraction of sp³-hybridized carbons (Fsp3) is 0.654. The second-order valence-electron chi connectivity index (χ2n) is 9.50. The highest BCUT2D eigenvalue weighted by molar-refractivity contribution is 5.98. The average Bonchev–Trinajstić information content (AvgIpc) is 2.81. The summed E-state index contributed by atoms with van der Waals surface area (Å²) in [7, 11) is 1.49. The first-order valence-corrected chi connectivity index (χ1v) is 12.6. The number of unbranched alkanes of at least 4 members (excludes halogenated alkanes) is 6. The van der Waals surface area contributed by atoms with Crippen LogP contribution in [-0.2, 0) is 20.7 Å². The zero-order valence-corrected chi connectivity index (χ0v) is 21.5. The Kier molecular flexibility index (Phi) is 11.5. The zero-order valence-electron chi connectivity index (χ0n) is 21.5. The molecule has 0 bridgehead atoms. The number of benzene rings is 1. The SMILES string of the molecule is CCCCCCCN1NC(OCCCCCc2cccc(OC(C)(C)C(=O)O)c2)C(=O)N(C)C1=O. The molecule has 1 aromatic carbocycles. The predicted octanol–water partition coefficient (Wildman–Crippen LogP) is 4.35. The molecule has 1 unspecified atom stereocenters. The van der Waals surface area contributed by atoms with Crippen LogP contribution in [0.1, 0.15) is 77.7 Å². The minimum atomic E-state index is -1.29. The molecule has 1 atom stereocenters. The van der Waals surface area contributed by atoms with Crippen molar-refractivity contribution in [1.29, 1.82) is 0 Å². The lowest BCUT2D eigenvalue weighted by Gasteiger charge is -2.37. The first-order valence-electron chi connectivity index (χ1n) is 12.6. The van der Waals surface area contributed by atoms with Crippen LogP contribution < -0.4 is 10.2 Å². The monoisotopic (exact) mass is 491 g/mol. The molecule has 0 radical (unpaired) electrons. The van der Waals surface area contributed by atoms with Gasteiger partial charge in [-0.15, -0.1) is 0 Å². The van der Waals surface area contributed by atoms with Crippen molar-refractivity contribution in [3.05, 3.63) is 29.8 Å². The Labute approximate surface area is 208 Å². The summed E-state index contributed by atoms with van der Waals surface area (Å²) in [4.78, 5) is 37.2. The van der Waals surface area contributed by atoms with Gasteiger partial charge in [0.25, 0.3) is 5.91 Å². The normalized spacial score (nSPS) is 16.6. The van der Waals surface area contributed by atoms with Crippen LogP contribution in [-0.4, -0.2) is 65.0 Å². The number of aliphatic carboxylic acids is 1. The third-order valence-electron chi connectivity index (χ3n) is 6.01. The van der Waals surface area contributed by atoms with Gasteiger partial charge in [0.2, 0.25) is 6.23 Å². The summed E-state index contributed by atoms with van der Waals surface area (Å²) < 4.78 is 11.4. The number of hydrogen-bond donors (Lipinski definition) is 2. The number of amides is 3. The summed E-state index contributed by atoms with van der Waals surface area (Å²) in [6, 6.07) is 7.13. The van der Waals surface area contributed by atoms with Gasteiger partial charge in [0, 0.05) is 20.2 Å². The summed E-state index contributed by atoms with van der Waals surface area (Å²) in [6.45, 7) is 6.16. The van der Waals surface area contributed by atoms with Crippen molar-refractivity contribution in [2.24, 2.45) is 0 Å². The van der Waals surface area contributed by atoms with E-state index in [0.29, 0.717) is 18.9 Å². The molecule has 2 N–H and O–H groups in total. The van der Waals surface area contributed by atoms with E-state index in [-0.39, 0.29) is 11.9 Å². The van der Waals surface area contributed by atoms with Gasteiger partial charge in [-0.3, -0.25) is 14.7 Å². The van der Waals surface area contributed by atoms with Crippen molar-refractivity contribution in [2.75, 3.05) is 20.2 Å². The number of likely N-dealkylation sites (N-methyl/N-ethyl adjacent to an activating group) is 1. The molecular weight excluding hydrogens is 450 g/mol. The lowest BCUT2D eigenvalue weighted by molar-refractivity contribution is -0.152. The van der Waals surface area contributed by atoms with Gasteiger partial charge in [0.15, 0.2) is 5.60 Å². The number of carbonyl (C=O) groups is 3. The lowest BCUT2D eigenvalue weighted by Crippen LogP contribution is -2.65. The lowest BCUT2D eigenvalue weighted by atomic mass is 10.1. The van der Waals surface area contributed by atoms with Gasteiger partial charge in [-0.2, -0.15) is 5.43 Å². The molecule has 0 aromatic heterocycles. The zero-order chi connectivity index (χ0) is 25.8. The molecule has 1 heterocycles. The van der Waals surface area contributed by atoms with E-state index in [1.54, 1.807) is 6.07 Å². The van der Waals surface area contributed by atoms with Gasteiger partial charge in [-0.25, -0.2) is 9.59 Å². The number of carboxylic acid groups (broad SMARTS) is 1. The molecule has 1 aromatic rings. The molecule has 35 heavy (non-hydrogen) atoms. The van der Waals surface area contributed by atoms with E-state index in [9.17, 15) is 19.5 Å². The fourth-order valence-electron chi connectivity index (χ4n) is 3.76. The van der Waals surface area contributed by atoms with Crippen molar-refractivity contribution in [1.82, 2.24) is 15.3 Å². The van der Waals surface area contributed by atoms with Crippen molar-refractivity contribution in [2.45, 2.75) is 90.4 Å². The minimum absolute atomic E-state index is 0.344. The molecule has 1 aliphatic rings. The van der Waals surface area contributed by atoms with E-state index in [4.69, 9.17) is 9.47 Å². The van der Waals surface area contributed by atoms with E-state index in [2.05, 4.69) is 12.3 Å². The Hall–Kier alpha value is -2.65. The van der Waals surface area contributed by atoms with E-state index >= 15 is 0 Å². The number of hydrogen-bond acceptors (Lipinski definition) is 6. The molecule has 0 saturated carbocycles. The van der Waals surface area contributed by atoms with Gasteiger partial charge in [-0.05, 0) is 57.2 Å². The van der Waals surface area contributed by atoms with Crippen LogP contribution in [0.3, 0.4) is 0 Å². The molecule has 1 aliphatic heterocycles. The smallest absolute Gasteiger partial charge is 0.347 e. The van der Waals surface area contributed by atoms with E-state index in [1.165, 1.54) is 38.7 Å². The molecule has 196 valence electrons. The summed E-state index contributed by atoms with van der Waals surface area (Å²) >= 11 is 0. The summed E-state index contributed by atoms with van der Waals surface area (Å²) in [6.07, 6.45) is 8.02. The van der Waals surface area contributed by atoms with Crippen molar-refractivity contribution >= 4 is 17.9 Å². The van der Waals surface area contributed by atoms with Crippen LogP contribution in [0.5, 0.6) is 5.75 Å². The second-order valence-corrected chi connectivity index (χ2v) is 9.50. The highest BCUT2D eigenvalue weighted by atomic mass is 16.5. The van der Waals surface area contributed by atoms with Crippen LogP contribution in [0.25, 0.3) is 0 Å². The van der Waals surface area contributed by atoms with E-state index in [1.807, 2.05) is 18.2 Å². The number of rotatable bonds is 16. The Morgan fingerprint density at radius 2 is 1.80 bits per heavy atom. The van der Waals surface area contributed by atoms with Gasteiger partial charge in [-0.1, -0.05) is 51.2 Å². The number of nitrogens with zero attached hydrogens (tertiary/aromatic N) is 2. The molecule has 0 spiro atoms. The highest BCUT2D eigenvalue weighted by Crippen LogP contribution is 2.21. The Balaban J connectivity index is 1.71. The molecule has 2 rings (SSSR count). The number of nitrogens with one attached hydrogen (secondary N) is 1. The van der Waals surface area contributed by atoms with Gasteiger partial charge < -0.3 is 14.6 Å². The first-order chi connectivity index (χ1) is 16.7. The quantitative estimate of drug-likeness (QED) is 0.331. The van der Waals surface area contributed by atoms with Gasteiger partial charge >= 0.3 is 12.0 Å². The van der Waals surface area contributed by atoms with Gasteiger partial charge in [0.05, 0.1) is 0 Å². The molecular formula is C26H41N3O6. The van der Waals surface area contributed by atoms with Crippen molar-refractivity contribution in [3.8, 4) is 5.75 Å². The number of carbonyl (C=O) groups excluding carboxylic acids is 2. The molecule has 0 aliphatic carbocycles. The van der Waals surface area contributed by atoms with Crippen LogP contribution in [0, 0.1) is 0 Å². The topological polar surface area (TPSA) is 108 Å². The molecule has 3 amide bonds. The highest BCUT2D eigenvalue weighted by Gasteiger charge is 2.37. The second kappa shape index (κ2) is 14.0. The molecule has 1 saturated heterocycles. The predicted molar refractivity (Wildman–Crippen MR) is 133 cm³/mol. The first kappa shape index (κ1) is 28.6. The average molecular weight is 492 g/mol. The number of hydrazine groups is 1. The number of carboxylic acids is 1. The van der Waals surface area contributed by atoms with Crippen LogP contribution in [0.2, 0.25) is 0 Å². The minimum Gasteiger partial charge on any atom is -0.478 e. The van der Waals surface area contributed by atoms with Gasteiger partial charge in [0.1, 0.15) is 5.75 Å². The van der Waals surface area contributed by atoms with E-state index in [0.717, 1.165) is 55.4 Å². The van der Waals surface area contributed by atoms with Crippen molar-refractivity contribution in [3.63, 3.8) is 0 Å². The summed E-state index contributed by atoms with van der Waals surface area (Å²) in [5, 5.41) is 10.7. The number of imide groups is 1. The standard InChI is InChI=1S/C26H41N3O6/c1-5-6-7-8-11-17-29-25(33)28(4)23(30)22(27-29)34-18-12-9-10-14-20-15-13-16-21(19-20)35-26(2,3)24(31)32/h13,15-16,19,22,27H,5-12,14,17-18H2,1-4H3,(H,31,32). The van der Waals surface area contributed by atoms with Crippen LogP contribution in [0.15, 0.2) is 24.3 Å². The Morgan fingerprint density at radius 1 is 1.09 bits per heavy atom. The van der Waals surface area contributed by atoms with Crippen molar-refractivity contribution < 1.29 is 29.0 Å². The molecule has 1 fully saturated rings.